The Hall–Kier alpha value is -0.530. The van der Waals surface area contributed by atoms with Crippen molar-refractivity contribution in [1.82, 2.24) is 0 Å². The van der Waals surface area contributed by atoms with Crippen LogP contribution in [0.4, 0.5) is 0 Å². The van der Waals surface area contributed by atoms with E-state index in [1.165, 1.54) is 25.7 Å². The number of hydrogen-bond donors (Lipinski definition) is 0. The first-order valence-electron chi connectivity index (χ1n) is 4.90. The molecule has 12 heavy (non-hydrogen) atoms. The molecule has 0 saturated heterocycles. The van der Waals surface area contributed by atoms with Gasteiger partial charge in [0.2, 0.25) is 0 Å². The van der Waals surface area contributed by atoms with E-state index in [1.807, 2.05) is 6.92 Å². The van der Waals surface area contributed by atoms with Crippen molar-refractivity contribution in [1.29, 1.82) is 0 Å². The molecule has 2 saturated carbocycles. The van der Waals surface area contributed by atoms with Gasteiger partial charge in [-0.05, 0) is 43.9 Å². The third-order valence-electron chi connectivity index (χ3n) is 3.67. The van der Waals surface area contributed by atoms with Gasteiger partial charge in [-0.25, -0.2) is 0 Å². The second kappa shape index (κ2) is 3.08. The first kappa shape index (κ1) is 8.09. The molecule has 2 fully saturated rings. The summed E-state index contributed by atoms with van der Waals surface area (Å²) in [5, 5.41) is 0. The third kappa shape index (κ3) is 1.23. The van der Waals surface area contributed by atoms with Crippen molar-refractivity contribution < 1.29 is 9.53 Å². The maximum absolute atomic E-state index is 10.2. The van der Waals surface area contributed by atoms with Gasteiger partial charge in [0.1, 0.15) is 6.10 Å². The Bertz CT molecular complexity index is 179. The predicted octanol–water partition coefficient (Wildman–Crippen LogP) is 1.98. The van der Waals surface area contributed by atoms with E-state index in [0.29, 0.717) is 12.4 Å². The number of rotatable bonds is 3. The van der Waals surface area contributed by atoms with Gasteiger partial charge in [0.25, 0.3) is 6.47 Å². The van der Waals surface area contributed by atoms with Gasteiger partial charge < -0.3 is 4.74 Å². The lowest BCUT2D eigenvalue weighted by atomic mass is 9.85. The summed E-state index contributed by atoms with van der Waals surface area (Å²) >= 11 is 0. The van der Waals surface area contributed by atoms with Crippen LogP contribution in [0.1, 0.15) is 32.6 Å². The monoisotopic (exact) mass is 168 g/mol. The SMILES string of the molecule is CC(OC=O)C1CC2CCC1C2. The molecule has 68 valence electrons. The molecule has 0 N–H and O–H groups in total. The summed E-state index contributed by atoms with van der Waals surface area (Å²) < 4.78 is 5.00. The van der Waals surface area contributed by atoms with Crippen LogP contribution in [-0.2, 0) is 9.53 Å². The first-order valence-corrected chi connectivity index (χ1v) is 4.90. The molecule has 0 aromatic rings. The average molecular weight is 168 g/mol. The molecule has 0 aromatic heterocycles. The van der Waals surface area contributed by atoms with Gasteiger partial charge in [-0.1, -0.05) is 6.42 Å². The lowest BCUT2D eigenvalue weighted by Gasteiger charge is -2.26. The summed E-state index contributed by atoms with van der Waals surface area (Å²) in [6.07, 6.45) is 5.60. The Morgan fingerprint density at radius 1 is 1.42 bits per heavy atom. The lowest BCUT2D eigenvalue weighted by Crippen LogP contribution is -2.25. The number of hydrogen-bond acceptors (Lipinski definition) is 2. The molecule has 2 aliphatic carbocycles. The van der Waals surface area contributed by atoms with Crippen molar-refractivity contribution in [2.45, 2.75) is 38.7 Å². The molecule has 2 heteroatoms. The van der Waals surface area contributed by atoms with Gasteiger partial charge in [-0.3, -0.25) is 4.79 Å². The molecule has 2 nitrogen and oxygen atoms in total. The average Bonchev–Trinajstić information content (AvgIpc) is 2.64. The summed E-state index contributed by atoms with van der Waals surface area (Å²) in [5.74, 6) is 2.46. The molecule has 0 amide bonds. The Morgan fingerprint density at radius 3 is 2.75 bits per heavy atom. The van der Waals surface area contributed by atoms with Crippen molar-refractivity contribution in [3.05, 3.63) is 0 Å². The minimum Gasteiger partial charge on any atom is -0.465 e. The normalized spacial score (nSPS) is 41.2. The van der Waals surface area contributed by atoms with Gasteiger partial charge in [-0.2, -0.15) is 0 Å². The molecule has 0 spiro atoms. The second-order valence-electron chi connectivity index (χ2n) is 4.28. The van der Waals surface area contributed by atoms with Crippen LogP contribution in [0.3, 0.4) is 0 Å². The van der Waals surface area contributed by atoms with E-state index in [9.17, 15) is 4.79 Å². The maximum atomic E-state index is 10.2. The number of carbonyl (C=O) groups is 1. The Balaban J connectivity index is 1.92. The van der Waals surface area contributed by atoms with E-state index in [4.69, 9.17) is 4.74 Å². The van der Waals surface area contributed by atoms with Crippen LogP contribution >= 0.6 is 0 Å². The molecule has 2 aliphatic rings. The summed E-state index contributed by atoms with van der Waals surface area (Å²) in [6, 6.07) is 0. The molecular weight excluding hydrogens is 152 g/mol. The molecule has 0 heterocycles. The summed E-state index contributed by atoms with van der Waals surface area (Å²) in [4.78, 5) is 10.2. The minimum absolute atomic E-state index is 0.151. The van der Waals surface area contributed by atoms with E-state index in [-0.39, 0.29) is 6.10 Å². The van der Waals surface area contributed by atoms with Crippen LogP contribution < -0.4 is 0 Å². The summed E-state index contributed by atoms with van der Waals surface area (Å²) in [7, 11) is 0. The van der Waals surface area contributed by atoms with Crippen LogP contribution in [0.15, 0.2) is 0 Å². The maximum Gasteiger partial charge on any atom is 0.293 e. The first-order chi connectivity index (χ1) is 5.81. The van der Waals surface area contributed by atoms with E-state index < -0.39 is 0 Å². The van der Waals surface area contributed by atoms with Crippen LogP contribution in [-0.4, -0.2) is 12.6 Å². The fraction of sp³-hybridized carbons (Fsp3) is 0.900. The van der Waals surface area contributed by atoms with Gasteiger partial charge in [0.05, 0.1) is 0 Å². The van der Waals surface area contributed by atoms with E-state index in [0.717, 1.165) is 11.8 Å². The summed E-state index contributed by atoms with van der Waals surface area (Å²) in [5.41, 5.74) is 0. The fourth-order valence-corrected chi connectivity index (χ4v) is 3.06. The summed E-state index contributed by atoms with van der Waals surface area (Å²) in [6.45, 7) is 2.62. The van der Waals surface area contributed by atoms with Crippen LogP contribution in [0, 0.1) is 17.8 Å². The molecular formula is C10H16O2. The van der Waals surface area contributed by atoms with Gasteiger partial charge >= 0.3 is 0 Å². The molecule has 0 radical (unpaired) electrons. The fourth-order valence-electron chi connectivity index (χ4n) is 3.06. The number of ether oxygens (including phenoxy) is 1. The third-order valence-corrected chi connectivity index (χ3v) is 3.67. The second-order valence-corrected chi connectivity index (χ2v) is 4.28. The zero-order valence-corrected chi connectivity index (χ0v) is 7.53. The zero-order valence-electron chi connectivity index (χ0n) is 7.53. The van der Waals surface area contributed by atoms with Crippen molar-refractivity contribution in [3.63, 3.8) is 0 Å². The Morgan fingerprint density at radius 2 is 2.25 bits per heavy atom. The number of fused-ring (bicyclic) bond motifs is 2. The molecule has 0 aromatic carbocycles. The van der Waals surface area contributed by atoms with Crippen molar-refractivity contribution >= 4 is 6.47 Å². The van der Waals surface area contributed by atoms with E-state index in [2.05, 4.69) is 0 Å². The molecule has 4 unspecified atom stereocenters. The highest BCUT2D eigenvalue weighted by molar-refractivity contribution is 5.37. The topological polar surface area (TPSA) is 26.3 Å². The largest absolute Gasteiger partial charge is 0.465 e. The molecule has 2 bridgehead atoms. The minimum atomic E-state index is 0.151. The Kier molecular flexibility index (Phi) is 2.07. The van der Waals surface area contributed by atoms with Gasteiger partial charge in [0.15, 0.2) is 0 Å². The zero-order chi connectivity index (χ0) is 8.55. The van der Waals surface area contributed by atoms with E-state index >= 15 is 0 Å². The van der Waals surface area contributed by atoms with Crippen molar-refractivity contribution in [2.24, 2.45) is 17.8 Å². The van der Waals surface area contributed by atoms with Crippen LogP contribution in [0.25, 0.3) is 0 Å². The standard InChI is InChI=1S/C10H16O2/c1-7(12-6-11)10-5-8-2-3-9(10)4-8/h6-10H,2-5H2,1H3. The highest BCUT2D eigenvalue weighted by atomic mass is 16.5. The molecule has 2 rings (SSSR count). The van der Waals surface area contributed by atoms with Gasteiger partial charge in [0, 0.05) is 0 Å². The number of carbonyl (C=O) groups excluding carboxylic acids is 1. The Labute approximate surface area is 73.3 Å². The molecule has 0 aliphatic heterocycles. The lowest BCUT2D eigenvalue weighted by molar-refractivity contribution is -0.136. The van der Waals surface area contributed by atoms with Crippen LogP contribution in [0.2, 0.25) is 0 Å². The highest BCUT2D eigenvalue weighted by Crippen LogP contribution is 2.49. The van der Waals surface area contributed by atoms with Gasteiger partial charge in [-0.15, -0.1) is 0 Å². The van der Waals surface area contributed by atoms with Crippen LogP contribution in [0.5, 0.6) is 0 Å². The van der Waals surface area contributed by atoms with E-state index in [1.54, 1.807) is 0 Å². The highest BCUT2D eigenvalue weighted by Gasteiger charge is 2.42. The van der Waals surface area contributed by atoms with Crippen molar-refractivity contribution in [2.75, 3.05) is 0 Å². The molecule has 4 atom stereocenters. The smallest absolute Gasteiger partial charge is 0.293 e. The quantitative estimate of drug-likeness (QED) is 0.602. The van der Waals surface area contributed by atoms with Crippen molar-refractivity contribution in [3.8, 4) is 0 Å². The predicted molar refractivity (Wildman–Crippen MR) is 45.5 cm³/mol.